The highest BCUT2D eigenvalue weighted by Crippen LogP contribution is 2.39. The molecule has 0 N–H and O–H groups in total. The number of nitrogens with zero attached hydrogens (tertiary/aromatic N) is 1. The molecule has 27 heavy (non-hydrogen) atoms. The van der Waals surface area contributed by atoms with Crippen molar-refractivity contribution in [1.29, 1.82) is 0 Å². The van der Waals surface area contributed by atoms with E-state index in [1.54, 1.807) is 26.4 Å². The van der Waals surface area contributed by atoms with Gasteiger partial charge in [0.1, 0.15) is 0 Å². The quantitative estimate of drug-likeness (QED) is 0.602. The van der Waals surface area contributed by atoms with Crippen LogP contribution in [0.2, 0.25) is 0 Å². The van der Waals surface area contributed by atoms with Crippen molar-refractivity contribution in [3.63, 3.8) is 0 Å². The van der Waals surface area contributed by atoms with Crippen LogP contribution in [0.25, 0.3) is 6.08 Å². The topological polar surface area (TPSA) is 55.8 Å². The fraction of sp³-hybridized carbons (Fsp3) is 0.200. The number of hydrogen-bond donors (Lipinski definition) is 0. The van der Waals surface area contributed by atoms with Crippen LogP contribution in [0.1, 0.15) is 16.7 Å². The lowest BCUT2D eigenvalue weighted by Gasteiger charge is -2.12. The maximum atomic E-state index is 12.7. The Morgan fingerprint density at radius 3 is 2.44 bits per heavy atom. The summed E-state index contributed by atoms with van der Waals surface area (Å²) >= 11 is 4.37. The summed E-state index contributed by atoms with van der Waals surface area (Å²) in [5.74, 6) is 0.815. The molecule has 3 rings (SSSR count). The van der Waals surface area contributed by atoms with Crippen molar-refractivity contribution in [2.45, 2.75) is 13.5 Å². The van der Waals surface area contributed by atoms with E-state index >= 15 is 0 Å². The highest BCUT2D eigenvalue weighted by molar-refractivity contribution is 9.10. The van der Waals surface area contributed by atoms with Gasteiger partial charge in [-0.1, -0.05) is 29.8 Å². The summed E-state index contributed by atoms with van der Waals surface area (Å²) in [6.45, 7) is 2.26. The minimum atomic E-state index is -0.295. The van der Waals surface area contributed by atoms with E-state index in [9.17, 15) is 9.59 Å². The Balaban J connectivity index is 1.86. The van der Waals surface area contributed by atoms with E-state index in [1.165, 1.54) is 4.90 Å². The van der Waals surface area contributed by atoms with Gasteiger partial charge >= 0.3 is 0 Å². The monoisotopic (exact) mass is 447 g/mol. The number of amides is 2. The van der Waals surface area contributed by atoms with E-state index in [2.05, 4.69) is 15.9 Å². The second kappa shape index (κ2) is 8.19. The molecule has 1 aliphatic heterocycles. The third kappa shape index (κ3) is 4.20. The van der Waals surface area contributed by atoms with Crippen molar-refractivity contribution in [2.24, 2.45) is 0 Å². The summed E-state index contributed by atoms with van der Waals surface area (Å²) in [5, 5.41) is -0.272. The second-order valence-corrected chi connectivity index (χ2v) is 7.84. The summed E-state index contributed by atoms with van der Waals surface area (Å²) in [7, 11) is 3.10. The molecule has 0 atom stereocenters. The Morgan fingerprint density at radius 1 is 1.11 bits per heavy atom. The number of ether oxygens (including phenoxy) is 2. The molecule has 2 aromatic rings. The van der Waals surface area contributed by atoms with Crippen molar-refractivity contribution in [1.82, 2.24) is 4.90 Å². The molecule has 0 bridgehead atoms. The molecule has 0 spiro atoms. The van der Waals surface area contributed by atoms with Gasteiger partial charge in [0, 0.05) is 0 Å². The average Bonchev–Trinajstić information content (AvgIpc) is 2.90. The van der Waals surface area contributed by atoms with Crippen molar-refractivity contribution in [2.75, 3.05) is 14.2 Å². The number of thioether (sulfide) groups is 1. The first-order chi connectivity index (χ1) is 12.9. The number of methoxy groups -OCH3 is 2. The third-order valence-electron chi connectivity index (χ3n) is 4.09. The fourth-order valence-electron chi connectivity index (χ4n) is 2.68. The lowest BCUT2D eigenvalue weighted by atomic mass is 10.1. The van der Waals surface area contributed by atoms with Crippen molar-refractivity contribution in [3.8, 4) is 11.5 Å². The zero-order valence-electron chi connectivity index (χ0n) is 15.1. The van der Waals surface area contributed by atoms with Crippen LogP contribution < -0.4 is 9.47 Å². The fourth-order valence-corrected chi connectivity index (χ4v) is 4.14. The normalized spacial score (nSPS) is 15.6. The summed E-state index contributed by atoms with van der Waals surface area (Å²) in [6.07, 6.45) is 1.69. The summed E-state index contributed by atoms with van der Waals surface area (Å²) in [5.41, 5.74) is 2.78. The van der Waals surface area contributed by atoms with E-state index in [1.807, 2.05) is 37.3 Å². The molecular formula is C20H18BrNO4S. The standard InChI is InChI=1S/C20H18BrNO4S/c1-12-4-6-13(7-5-12)11-22-19(23)17(27-20(22)24)10-14-8-15(21)18(26-3)16(9-14)25-2/h4-10H,11H2,1-3H3/b17-10-. The first kappa shape index (κ1) is 19.5. The maximum absolute atomic E-state index is 12.7. The molecule has 1 saturated heterocycles. The SMILES string of the molecule is COc1cc(/C=C2\SC(=O)N(Cc3ccc(C)cc3)C2=O)cc(Br)c1OC. The lowest BCUT2D eigenvalue weighted by molar-refractivity contribution is -0.123. The zero-order chi connectivity index (χ0) is 19.6. The van der Waals surface area contributed by atoms with Crippen LogP contribution in [0.4, 0.5) is 4.79 Å². The van der Waals surface area contributed by atoms with Crippen LogP contribution in [0.5, 0.6) is 11.5 Å². The summed E-state index contributed by atoms with van der Waals surface area (Å²) < 4.78 is 11.3. The second-order valence-electron chi connectivity index (χ2n) is 5.99. The van der Waals surface area contributed by atoms with Crippen molar-refractivity contribution in [3.05, 3.63) is 62.5 Å². The molecule has 0 radical (unpaired) electrons. The largest absolute Gasteiger partial charge is 0.493 e. The van der Waals surface area contributed by atoms with Gasteiger partial charge in [0.25, 0.3) is 11.1 Å². The van der Waals surface area contributed by atoms with Crippen LogP contribution in [0.3, 0.4) is 0 Å². The predicted octanol–water partition coefficient (Wildman–Crippen LogP) is 5.01. The lowest BCUT2D eigenvalue weighted by Crippen LogP contribution is -2.27. The molecule has 1 heterocycles. The van der Waals surface area contributed by atoms with Gasteiger partial charge in [-0.2, -0.15) is 0 Å². The Kier molecular flexibility index (Phi) is 5.92. The Morgan fingerprint density at radius 2 is 1.81 bits per heavy atom. The highest BCUT2D eigenvalue weighted by atomic mass is 79.9. The van der Waals surface area contributed by atoms with E-state index in [-0.39, 0.29) is 17.7 Å². The smallest absolute Gasteiger partial charge is 0.293 e. The molecule has 1 aliphatic rings. The number of aryl methyl sites for hydroxylation is 1. The van der Waals surface area contributed by atoms with E-state index in [0.717, 1.165) is 28.5 Å². The number of benzene rings is 2. The number of carbonyl (C=O) groups excluding carboxylic acids is 2. The Labute approximate surface area is 170 Å². The summed E-state index contributed by atoms with van der Waals surface area (Å²) in [4.78, 5) is 26.7. The molecule has 140 valence electrons. The molecule has 5 nitrogen and oxygen atoms in total. The molecular weight excluding hydrogens is 430 g/mol. The summed E-state index contributed by atoms with van der Waals surface area (Å²) in [6, 6.07) is 11.4. The van der Waals surface area contributed by atoms with E-state index in [4.69, 9.17) is 9.47 Å². The number of rotatable bonds is 5. The van der Waals surface area contributed by atoms with Crippen LogP contribution in [0, 0.1) is 6.92 Å². The Bertz CT molecular complexity index is 924. The van der Waals surface area contributed by atoms with Gasteiger partial charge in [0.05, 0.1) is 30.1 Å². The maximum Gasteiger partial charge on any atom is 0.293 e. The molecule has 0 aromatic heterocycles. The number of imide groups is 1. The van der Waals surface area contributed by atoms with Gasteiger partial charge in [0.2, 0.25) is 0 Å². The van der Waals surface area contributed by atoms with Gasteiger partial charge in [-0.25, -0.2) is 0 Å². The average molecular weight is 448 g/mol. The molecule has 0 aliphatic carbocycles. The van der Waals surface area contributed by atoms with E-state index in [0.29, 0.717) is 20.9 Å². The minimum absolute atomic E-state index is 0.262. The zero-order valence-corrected chi connectivity index (χ0v) is 17.5. The highest BCUT2D eigenvalue weighted by Gasteiger charge is 2.35. The van der Waals surface area contributed by atoms with Gasteiger partial charge in [-0.3, -0.25) is 14.5 Å². The van der Waals surface area contributed by atoms with Crippen molar-refractivity contribution < 1.29 is 19.1 Å². The molecule has 7 heteroatoms. The Hall–Kier alpha value is -2.25. The number of carbonyl (C=O) groups is 2. The predicted molar refractivity (Wildman–Crippen MR) is 110 cm³/mol. The van der Waals surface area contributed by atoms with Gasteiger partial charge in [-0.05, 0) is 64.0 Å². The van der Waals surface area contributed by atoms with Gasteiger partial charge in [0.15, 0.2) is 11.5 Å². The van der Waals surface area contributed by atoms with Crippen LogP contribution in [0.15, 0.2) is 45.8 Å². The van der Waals surface area contributed by atoms with Crippen molar-refractivity contribution >= 4 is 44.9 Å². The first-order valence-electron chi connectivity index (χ1n) is 8.15. The minimum Gasteiger partial charge on any atom is -0.493 e. The molecule has 2 amide bonds. The number of halogens is 1. The molecule has 1 fully saturated rings. The number of hydrogen-bond acceptors (Lipinski definition) is 5. The molecule has 2 aromatic carbocycles. The first-order valence-corrected chi connectivity index (χ1v) is 9.76. The molecule has 0 unspecified atom stereocenters. The third-order valence-corrected chi connectivity index (χ3v) is 5.58. The molecule has 0 saturated carbocycles. The van der Waals surface area contributed by atoms with Crippen LogP contribution in [-0.2, 0) is 11.3 Å². The van der Waals surface area contributed by atoms with Crippen LogP contribution in [-0.4, -0.2) is 30.3 Å². The van der Waals surface area contributed by atoms with E-state index < -0.39 is 0 Å². The van der Waals surface area contributed by atoms with Gasteiger partial charge in [-0.15, -0.1) is 0 Å². The van der Waals surface area contributed by atoms with Crippen LogP contribution >= 0.6 is 27.7 Å². The van der Waals surface area contributed by atoms with Gasteiger partial charge < -0.3 is 9.47 Å².